The highest BCUT2D eigenvalue weighted by atomic mass is 32.2. The minimum atomic E-state index is -1.17. The Morgan fingerprint density at radius 2 is 1.86 bits per heavy atom. The first-order chi connectivity index (χ1) is 13.8. The maximum Gasteiger partial charge on any atom is 0.337 e. The van der Waals surface area contributed by atoms with E-state index in [2.05, 4.69) is 0 Å². The highest BCUT2D eigenvalue weighted by Gasteiger charge is 2.37. The zero-order valence-corrected chi connectivity index (χ0v) is 16.6. The van der Waals surface area contributed by atoms with Crippen molar-refractivity contribution in [3.8, 4) is 0 Å². The Kier molecular flexibility index (Phi) is 5.84. The molecular weight excluding hydrogens is 392 g/mol. The highest BCUT2D eigenvalue weighted by molar-refractivity contribution is 8.18. The van der Waals surface area contributed by atoms with Gasteiger partial charge in [0.05, 0.1) is 16.2 Å². The van der Waals surface area contributed by atoms with Gasteiger partial charge in [-0.2, -0.15) is 0 Å². The molecule has 2 aromatic carbocycles. The molecule has 1 N–H and O–H groups in total. The lowest BCUT2D eigenvalue weighted by atomic mass is 10.1. The summed E-state index contributed by atoms with van der Waals surface area (Å²) in [7, 11) is 1.41. The highest BCUT2D eigenvalue weighted by Crippen LogP contribution is 2.32. The smallest absolute Gasteiger partial charge is 0.337 e. The predicted octanol–water partition coefficient (Wildman–Crippen LogP) is 3.39. The van der Waals surface area contributed by atoms with Crippen LogP contribution >= 0.6 is 11.8 Å². The van der Waals surface area contributed by atoms with Crippen molar-refractivity contribution in [2.24, 2.45) is 0 Å². The average molecular weight is 410 g/mol. The van der Waals surface area contributed by atoms with Crippen LogP contribution < -0.4 is 4.90 Å². The maximum atomic E-state index is 12.6. The summed E-state index contributed by atoms with van der Waals surface area (Å²) in [5.74, 6) is -2.29. The number of carbonyl (C=O) groups excluding carboxylic acids is 3. The normalized spacial score (nSPS) is 15.1. The van der Waals surface area contributed by atoms with E-state index in [1.807, 2.05) is 31.2 Å². The van der Waals surface area contributed by atoms with Crippen LogP contribution in [0.1, 0.15) is 21.5 Å². The molecule has 0 bridgehead atoms. The van der Waals surface area contributed by atoms with Gasteiger partial charge >= 0.3 is 5.97 Å². The molecule has 3 rings (SSSR count). The Balaban J connectivity index is 1.78. The zero-order chi connectivity index (χ0) is 21.1. The monoisotopic (exact) mass is 410 g/mol. The second-order valence-corrected chi connectivity index (χ2v) is 7.45. The number of imide groups is 1. The van der Waals surface area contributed by atoms with E-state index in [4.69, 9.17) is 0 Å². The molecule has 2 aromatic rings. The van der Waals surface area contributed by atoms with Crippen molar-refractivity contribution in [2.45, 2.75) is 6.92 Å². The lowest BCUT2D eigenvalue weighted by molar-refractivity contribution is -0.128. The van der Waals surface area contributed by atoms with Gasteiger partial charge in [-0.15, -0.1) is 0 Å². The number of carboxylic acid groups (broad SMARTS) is 1. The number of likely N-dealkylation sites (N-methyl/N-ethyl adjacent to an activating group) is 1. The van der Waals surface area contributed by atoms with Crippen molar-refractivity contribution in [2.75, 3.05) is 18.5 Å². The number of thioether (sulfide) groups is 1. The summed E-state index contributed by atoms with van der Waals surface area (Å²) < 4.78 is 0. The molecule has 148 valence electrons. The quantitative estimate of drug-likeness (QED) is 0.759. The van der Waals surface area contributed by atoms with E-state index in [0.29, 0.717) is 0 Å². The molecule has 0 aliphatic carbocycles. The van der Waals surface area contributed by atoms with Crippen LogP contribution in [0.5, 0.6) is 0 Å². The van der Waals surface area contributed by atoms with Gasteiger partial charge in [0.25, 0.3) is 11.1 Å². The molecule has 1 fully saturated rings. The van der Waals surface area contributed by atoms with E-state index >= 15 is 0 Å². The Bertz CT molecular complexity index is 1050. The summed E-state index contributed by atoms with van der Waals surface area (Å²) in [6.07, 6.45) is 1.62. The van der Waals surface area contributed by atoms with Crippen molar-refractivity contribution < 1.29 is 24.3 Å². The van der Waals surface area contributed by atoms with Gasteiger partial charge < -0.3 is 10.0 Å². The van der Waals surface area contributed by atoms with Gasteiger partial charge in [0.2, 0.25) is 5.91 Å². The lowest BCUT2D eigenvalue weighted by Gasteiger charge is -2.21. The minimum Gasteiger partial charge on any atom is -0.478 e. The third-order valence-corrected chi connectivity index (χ3v) is 5.28. The zero-order valence-electron chi connectivity index (χ0n) is 15.8. The summed E-state index contributed by atoms with van der Waals surface area (Å²) in [4.78, 5) is 51.2. The fraction of sp³-hybridized carbons (Fsp3) is 0.143. The summed E-state index contributed by atoms with van der Waals surface area (Å²) in [6.45, 7) is 1.45. The van der Waals surface area contributed by atoms with Gasteiger partial charge in [-0.3, -0.25) is 19.3 Å². The third kappa shape index (κ3) is 4.38. The van der Waals surface area contributed by atoms with E-state index in [-0.39, 0.29) is 16.2 Å². The van der Waals surface area contributed by atoms with E-state index in [1.165, 1.54) is 19.2 Å². The maximum absolute atomic E-state index is 12.6. The van der Waals surface area contributed by atoms with Crippen LogP contribution in [0.15, 0.2) is 53.4 Å². The fourth-order valence-electron chi connectivity index (χ4n) is 2.87. The van der Waals surface area contributed by atoms with E-state index in [9.17, 15) is 24.3 Å². The number of carboxylic acids is 1. The van der Waals surface area contributed by atoms with Crippen molar-refractivity contribution in [3.05, 3.63) is 70.1 Å². The number of carbonyl (C=O) groups is 4. The van der Waals surface area contributed by atoms with E-state index in [1.54, 1.807) is 18.2 Å². The first-order valence-corrected chi connectivity index (χ1v) is 9.50. The average Bonchev–Trinajstić information content (AvgIpc) is 2.94. The first kappa shape index (κ1) is 20.3. The van der Waals surface area contributed by atoms with E-state index < -0.39 is 29.6 Å². The Morgan fingerprint density at radius 3 is 2.55 bits per heavy atom. The molecular formula is C21H18N2O5S. The molecule has 0 aromatic heterocycles. The van der Waals surface area contributed by atoms with Crippen molar-refractivity contribution in [1.82, 2.24) is 4.90 Å². The van der Waals surface area contributed by atoms with Gasteiger partial charge in [0.15, 0.2) is 0 Å². The summed E-state index contributed by atoms with van der Waals surface area (Å²) in [6, 6.07) is 13.5. The second kappa shape index (κ2) is 8.32. The van der Waals surface area contributed by atoms with Crippen molar-refractivity contribution in [1.29, 1.82) is 0 Å². The number of rotatable bonds is 5. The van der Waals surface area contributed by atoms with Gasteiger partial charge in [-0.1, -0.05) is 42.0 Å². The molecule has 29 heavy (non-hydrogen) atoms. The van der Waals surface area contributed by atoms with Crippen LogP contribution in [-0.4, -0.2) is 46.6 Å². The summed E-state index contributed by atoms with van der Waals surface area (Å²) in [5, 5.41) is 8.75. The Hall–Kier alpha value is -3.39. The number of hydrogen-bond acceptors (Lipinski definition) is 5. The summed E-state index contributed by atoms with van der Waals surface area (Å²) in [5.41, 5.74) is 1.95. The molecule has 1 heterocycles. The fourth-order valence-corrected chi connectivity index (χ4v) is 3.71. The van der Waals surface area contributed by atoms with Gasteiger partial charge in [-0.25, -0.2) is 4.79 Å². The Morgan fingerprint density at radius 1 is 1.14 bits per heavy atom. The molecule has 1 aliphatic heterocycles. The van der Waals surface area contributed by atoms with Crippen LogP contribution in [0.4, 0.5) is 10.5 Å². The number of anilines is 1. The molecule has 7 nitrogen and oxygen atoms in total. The number of para-hydroxylation sites is 1. The molecule has 0 radical (unpaired) electrons. The predicted molar refractivity (Wildman–Crippen MR) is 111 cm³/mol. The van der Waals surface area contributed by atoms with Crippen LogP contribution in [0, 0.1) is 6.92 Å². The molecule has 0 spiro atoms. The number of benzene rings is 2. The van der Waals surface area contributed by atoms with Crippen LogP contribution in [0.25, 0.3) is 6.08 Å². The molecule has 3 amide bonds. The first-order valence-electron chi connectivity index (χ1n) is 8.69. The van der Waals surface area contributed by atoms with Crippen LogP contribution in [-0.2, 0) is 9.59 Å². The largest absolute Gasteiger partial charge is 0.478 e. The SMILES string of the molecule is Cc1cccc(/C=C2\SC(=O)N(CC(=O)N(C)c3ccccc3C(=O)O)C2=O)c1. The molecule has 8 heteroatoms. The number of aromatic carboxylic acids is 1. The van der Waals surface area contributed by atoms with Crippen molar-refractivity contribution in [3.63, 3.8) is 0 Å². The number of amides is 3. The Labute approximate surface area is 171 Å². The van der Waals surface area contributed by atoms with Gasteiger partial charge in [0, 0.05) is 7.05 Å². The number of hydrogen-bond donors (Lipinski definition) is 1. The van der Waals surface area contributed by atoms with Crippen LogP contribution in [0.2, 0.25) is 0 Å². The standard InChI is InChI=1S/C21H18N2O5S/c1-13-6-5-7-14(10-13)11-17-19(25)23(21(28)29-17)12-18(24)22(2)16-9-4-3-8-15(16)20(26)27/h3-11H,12H2,1-2H3,(H,26,27)/b17-11-. The molecule has 1 aliphatic rings. The minimum absolute atomic E-state index is 0.0446. The van der Waals surface area contributed by atoms with Gasteiger partial charge in [0.1, 0.15) is 6.54 Å². The third-order valence-electron chi connectivity index (χ3n) is 4.38. The second-order valence-electron chi connectivity index (χ2n) is 6.46. The molecule has 0 saturated carbocycles. The van der Waals surface area contributed by atoms with Crippen LogP contribution in [0.3, 0.4) is 0 Å². The number of nitrogens with zero attached hydrogens (tertiary/aromatic N) is 2. The topological polar surface area (TPSA) is 95.0 Å². The summed E-state index contributed by atoms with van der Waals surface area (Å²) >= 11 is 0.774. The molecule has 0 atom stereocenters. The number of aryl methyl sites for hydroxylation is 1. The van der Waals surface area contributed by atoms with Gasteiger partial charge in [-0.05, 0) is 42.5 Å². The lowest BCUT2D eigenvalue weighted by Crippen LogP contribution is -2.41. The van der Waals surface area contributed by atoms with E-state index in [0.717, 1.165) is 32.7 Å². The van der Waals surface area contributed by atoms with Crippen molar-refractivity contribution >= 4 is 46.5 Å². The molecule has 1 saturated heterocycles. The molecule has 0 unspecified atom stereocenters.